The molecule has 2 rings (SSSR count). The molecule has 6 heteroatoms. The Bertz CT molecular complexity index is 636. The molecule has 102 valence electrons. The number of halogens is 3. The van der Waals surface area contributed by atoms with Crippen molar-refractivity contribution in [3.63, 3.8) is 0 Å². The van der Waals surface area contributed by atoms with E-state index in [1.807, 2.05) is 0 Å². The molecular weight excluding hydrogens is 286 g/mol. The molecular formula is C14H9ClF2N2O. The van der Waals surface area contributed by atoms with Crippen LogP contribution in [0.25, 0.3) is 0 Å². The van der Waals surface area contributed by atoms with Gasteiger partial charge in [-0.25, -0.2) is 14.2 Å². The highest BCUT2D eigenvalue weighted by molar-refractivity contribution is 6.33. The molecule has 1 amide bonds. The molecule has 0 aromatic heterocycles. The zero-order valence-corrected chi connectivity index (χ0v) is 10.9. The quantitative estimate of drug-likeness (QED) is 0.684. The largest absolute Gasteiger partial charge is 0.271 e. The van der Waals surface area contributed by atoms with Crippen LogP contribution in [0.1, 0.15) is 15.9 Å². The number of nitrogens with one attached hydrogen (secondary N) is 1. The third-order valence-corrected chi connectivity index (χ3v) is 2.80. The summed E-state index contributed by atoms with van der Waals surface area (Å²) in [6.45, 7) is 0. The third-order valence-electron chi connectivity index (χ3n) is 2.47. The van der Waals surface area contributed by atoms with Crippen molar-refractivity contribution >= 4 is 23.7 Å². The second kappa shape index (κ2) is 6.25. The number of hydrogen-bond acceptors (Lipinski definition) is 2. The van der Waals surface area contributed by atoms with E-state index in [0.717, 1.165) is 18.3 Å². The summed E-state index contributed by atoms with van der Waals surface area (Å²) in [6.07, 6.45) is 1.11. The van der Waals surface area contributed by atoms with Gasteiger partial charge in [-0.1, -0.05) is 17.7 Å². The van der Waals surface area contributed by atoms with Crippen LogP contribution in [0.15, 0.2) is 47.6 Å². The minimum atomic E-state index is -0.544. The Kier molecular flexibility index (Phi) is 4.42. The van der Waals surface area contributed by atoms with Gasteiger partial charge in [0.2, 0.25) is 0 Å². The highest BCUT2D eigenvalue weighted by atomic mass is 35.5. The van der Waals surface area contributed by atoms with Crippen LogP contribution < -0.4 is 5.43 Å². The van der Waals surface area contributed by atoms with E-state index in [-0.39, 0.29) is 16.1 Å². The molecule has 0 bridgehead atoms. The van der Waals surface area contributed by atoms with E-state index >= 15 is 0 Å². The lowest BCUT2D eigenvalue weighted by Crippen LogP contribution is -2.17. The summed E-state index contributed by atoms with van der Waals surface area (Å²) in [5.74, 6) is -1.52. The van der Waals surface area contributed by atoms with Gasteiger partial charge in [0, 0.05) is 11.1 Å². The van der Waals surface area contributed by atoms with Gasteiger partial charge in [-0.05, 0) is 36.4 Å². The summed E-state index contributed by atoms with van der Waals surface area (Å²) in [6, 6.07) is 9.15. The average Bonchev–Trinajstić information content (AvgIpc) is 2.42. The van der Waals surface area contributed by atoms with Gasteiger partial charge in [0.1, 0.15) is 11.6 Å². The molecule has 2 aromatic carbocycles. The first-order valence-corrected chi connectivity index (χ1v) is 5.98. The highest BCUT2D eigenvalue weighted by Gasteiger charge is 2.05. The summed E-state index contributed by atoms with van der Waals surface area (Å²) in [5.41, 5.74) is 2.52. The van der Waals surface area contributed by atoms with Gasteiger partial charge in [0.25, 0.3) is 5.91 Å². The van der Waals surface area contributed by atoms with Crippen LogP contribution in [0.2, 0.25) is 5.02 Å². The van der Waals surface area contributed by atoms with Crippen LogP contribution in [-0.4, -0.2) is 12.1 Å². The van der Waals surface area contributed by atoms with E-state index in [9.17, 15) is 13.6 Å². The van der Waals surface area contributed by atoms with Gasteiger partial charge in [-0.2, -0.15) is 5.10 Å². The first-order chi connectivity index (χ1) is 9.58. The van der Waals surface area contributed by atoms with E-state index in [1.54, 1.807) is 0 Å². The zero-order valence-electron chi connectivity index (χ0n) is 10.1. The standard InChI is InChI=1S/C14H9ClF2N2O/c15-12-2-1-3-13(17)11(12)8-18-19-14(20)9-4-6-10(16)7-5-9/h1-8H,(H,19,20). The molecule has 0 aliphatic carbocycles. The van der Waals surface area contributed by atoms with E-state index in [0.29, 0.717) is 0 Å². The molecule has 0 aliphatic rings. The van der Waals surface area contributed by atoms with Gasteiger partial charge >= 0.3 is 0 Å². The Hall–Kier alpha value is -2.27. The van der Waals surface area contributed by atoms with Crippen LogP contribution in [0.3, 0.4) is 0 Å². The Morgan fingerprint density at radius 3 is 2.50 bits per heavy atom. The molecule has 20 heavy (non-hydrogen) atoms. The number of carbonyl (C=O) groups excluding carboxylic acids is 1. The molecule has 0 saturated carbocycles. The van der Waals surface area contributed by atoms with Crippen molar-refractivity contribution in [2.24, 2.45) is 5.10 Å². The monoisotopic (exact) mass is 294 g/mol. The highest BCUT2D eigenvalue weighted by Crippen LogP contribution is 2.16. The van der Waals surface area contributed by atoms with Crippen molar-refractivity contribution in [1.29, 1.82) is 0 Å². The smallest absolute Gasteiger partial charge is 0.267 e. The zero-order chi connectivity index (χ0) is 14.5. The number of hydrazone groups is 1. The van der Waals surface area contributed by atoms with E-state index in [4.69, 9.17) is 11.6 Å². The average molecular weight is 295 g/mol. The fourth-order valence-corrected chi connectivity index (χ4v) is 1.67. The first kappa shape index (κ1) is 14.1. The fourth-order valence-electron chi connectivity index (χ4n) is 1.46. The van der Waals surface area contributed by atoms with Gasteiger partial charge in [-0.3, -0.25) is 4.79 Å². The molecule has 3 nitrogen and oxygen atoms in total. The molecule has 0 unspecified atom stereocenters. The van der Waals surface area contributed by atoms with E-state index in [2.05, 4.69) is 10.5 Å². The Morgan fingerprint density at radius 1 is 1.15 bits per heavy atom. The molecule has 0 atom stereocenters. The predicted molar refractivity (Wildman–Crippen MR) is 72.9 cm³/mol. The molecule has 0 aliphatic heterocycles. The maximum Gasteiger partial charge on any atom is 0.271 e. The molecule has 0 radical (unpaired) electrons. The minimum absolute atomic E-state index is 0.0774. The lowest BCUT2D eigenvalue weighted by Gasteiger charge is -2.01. The Morgan fingerprint density at radius 2 is 1.85 bits per heavy atom. The van der Waals surface area contributed by atoms with Crippen LogP contribution in [-0.2, 0) is 0 Å². The number of carbonyl (C=O) groups is 1. The first-order valence-electron chi connectivity index (χ1n) is 5.61. The van der Waals surface area contributed by atoms with Gasteiger partial charge < -0.3 is 0 Å². The number of benzene rings is 2. The van der Waals surface area contributed by atoms with Crippen molar-refractivity contribution in [2.75, 3.05) is 0 Å². The van der Waals surface area contributed by atoms with Crippen LogP contribution in [0, 0.1) is 11.6 Å². The third kappa shape index (κ3) is 3.39. The Labute approximate surface area is 118 Å². The van der Waals surface area contributed by atoms with Crippen molar-refractivity contribution in [3.05, 3.63) is 70.2 Å². The molecule has 0 heterocycles. The van der Waals surface area contributed by atoms with Crippen molar-refractivity contribution in [2.45, 2.75) is 0 Å². The number of rotatable bonds is 3. The summed E-state index contributed by atoms with van der Waals surface area (Å²) in [7, 11) is 0. The van der Waals surface area contributed by atoms with Crippen LogP contribution in [0.5, 0.6) is 0 Å². The summed E-state index contributed by atoms with van der Waals surface area (Å²) in [4.78, 5) is 11.6. The number of hydrogen-bond donors (Lipinski definition) is 1. The molecule has 0 spiro atoms. The maximum absolute atomic E-state index is 13.4. The maximum atomic E-state index is 13.4. The Balaban J connectivity index is 2.06. The van der Waals surface area contributed by atoms with Crippen molar-refractivity contribution in [1.82, 2.24) is 5.43 Å². The predicted octanol–water partition coefficient (Wildman–Crippen LogP) is 3.38. The normalized spacial score (nSPS) is 10.8. The molecule has 0 saturated heterocycles. The summed E-state index contributed by atoms with van der Waals surface area (Å²) >= 11 is 5.79. The molecule has 2 aromatic rings. The topological polar surface area (TPSA) is 41.5 Å². The summed E-state index contributed by atoms with van der Waals surface area (Å²) < 4.78 is 26.1. The van der Waals surface area contributed by atoms with Gasteiger partial charge in [0.15, 0.2) is 0 Å². The van der Waals surface area contributed by atoms with Crippen molar-refractivity contribution < 1.29 is 13.6 Å². The number of nitrogens with zero attached hydrogens (tertiary/aromatic N) is 1. The lowest BCUT2D eigenvalue weighted by molar-refractivity contribution is 0.0955. The minimum Gasteiger partial charge on any atom is -0.267 e. The van der Waals surface area contributed by atoms with Gasteiger partial charge in [0.05, 0.1) is 11.2 Å². The molecule has 1 N–H and O–H groups in total. The van der Waals surface area contributed by atoms with E-state index in [1.165, 1.54) is 30.3 Å². The lowest BCUT2D eigenvalue weighted by atomic mass is 10.2. The second-order valence-electron chi connectivity index (χ2n) is 3.84. The SMILES string of the molecule is O=C(NN=Cc1c(F)cccc1Cl)c1ccc(F)cc1. The van der Waals surface area contributed by atoms with Crippen LogP contribution in [0.4, 0.5) is 8.78 Å². The van der Waals surface area contributed by atoms with Crippen LogP contribution >= 0.6 is 11.6 Å². The van der Waals surface area contributed by atoms with Gasteiger partial charge in [-0.15, -0.1) is 0 Å². The van der Waals surface area contributed by atoms with Crippen molar-refractivity contribution in [3.8, 4) is 0 Å². The number of amides is 1. The second-order valence-corrected chi connectivity index (χ2v) is 4.25. The van der Waals surface area contributed by atoms with E-state index < -0.39 is 17.5 Å². The fraction of sp³-hybridized carbons (Fsp3) is 0. The summed E-state index contributed by atoms with van der Waals surface area (Å²) in [5, 5.41) is 3.80. The molecule has 0 fully saturated rings.